The van der Waals surface area contributed by atoms with Gasteiger partial charge in [0.1, 0.15) is 0 Å². The zero-order valence-electron chi connectivity index (χ0n) is 30.5. The molecule has 12 heteroatoms. The van der Waals surface area contributed by atoms with E-state index in [1.807, 2.05) is 30.3 Å². The number of esters is 1. The number of imide groups is 2. The van der Waals surface area contributed by atoms with Crippen LogP contribution in [0.25, 0.3) is 22.4 Å². The van der Waals surface area contributed by atoms with Gasteiger partial charge in [-0.1, -0.05) is 54.6 Å². The number of hydrogen-bond donors (Lipinski definition) is 1. The molecule has 10 rings (SSSR count). The standard InChI is InChI=1S/C46H28N4O8/c1-46(48-38-9-5-3-7-34(38)45(56)58-46)28-15-21-32-36(24-28)43(54)50(41(32)52)30-18-12-26(13-19-30)22-25-10-16-29(17-11-25)49-40(51)31-20-14-27(23-35(31)42(49)53)39-47-37-8-4-2-6-33(37)44(55)57-39/h2-21,23-24,48H,22H2,1H3. The van der Waals surface area contributed by atoms with Gasteiger partial charge in [0.05, 0.1) is 55.8 Å². The van der Waals surface area contributed by atoms with Crippen LogP contribution in [0.2, 0.25) is 0 Å². The Kier molecular flexibility index (Phi) is 7.60. The van der Waals surface area contributed by atoms with E-state index in [2.05, 4.69) is 10.3 Å². The molecule has 4 heterocycles. The number of carbonyl (C=O) groups is 5. The van der Waals surface area contributed by atoms with E-state index in [1.165, 1.54) is 12.1 Å². The van der Waals surface area contributed by atoms with E-state index < -0.39 is 40.9 Å². The van der Waals surface area contributed by atoms with Gasteiger partial charge in [0.2, 0.25) is 11.6 Å². The number of amides is 4. The van der Waals surface area contributed by atoms with Crippen molar-refractivity contribution in [1.82, 2.24) is 4.98 Å². The van der Waals surface area contributed by atoms with Gasteiger partial charge in [-0.3, -0.25) is 19.2 Å². The van der Waals surface area contributed by atoms with Gasteiger partial charge in [-0.25, -0.2) is 24.4 Å². The lowest BCUT2D eigenvalue weighted by atomic mass is 9.96. The minimum atomic E-state index is -1.26. The molecule has 0 aliphatic carbocycles. The Morgan fingerprint density at radius 2 is 1.16 bits per heavy atom. The van der Waals surface area contributed by atoms with Crippen LogP contribution in [0.1, 0.15) is 75.4 Å². The first-order valence-corrected chi connectivity index (χ1v) is 18.3. The number of para-hydroxylation sites is 2. The van der Waals surface area contributed by atoms with Crippen molar-refractivity contribution >= 4 is 57.6 Å². The van der Waals surface area contributed by atoms with Crippen molar-refractivity contribution in [3.8, 4) is 11.5 Å². The number of anilines is 3. The second-order valence-corrected chi connectivity index (χ2v) is 14.3. The third kappa shape index (κ3) is 5.41. The lowest BCUT2D eigenvalue weighted by Crippen LogP contribution is -2.41. The van der Waals surface area contributed by atoms with Gasteiger partial charge in [0.25, 0.3) is 23.6 Å². The van der Waals surface area contributed by atoms with Crippen molar-refractivity contribution in [2.75, 3.05) is 15.1 Å². The van der Waals surface area contributed by atoms with Gasteiger partial charge < -0.3 is 14.5 Å². The molecule has 1 atom stereocenters. The molecule has 0 saturated heterocycles. The molecule has 1 aromatic heterocycles. The summed E-state index contributed by atoms with van der Waals surface area (Å²) in [7, 11) is 0. The number of hydrogen-bond acceptors (Lipinski definition) is 10. The molecule has 280 valence electrons. The van der Waals surface area contributed by atoms with Crippen LogP contribution in [0.4, 0.5) is 17.1 Å². The summed E-state index contributed by atoms with van der Waals surface area (Å²) >= 11 is 0. The first-order valence-electron chi connectivity index (χ1n) is 18.3. The average Bonchev–Trinajstić information content (AvgIpc) is 3.64. The second-order valence-electron chi connectivity index (χ2n) is 14.3. The predicted molar refractivity (Wildman–Crippen MR) is 213 cm³/mol. The van der Waals surface area contributed by atoms with Gasteiger partial charge in [0, 0.05) is 11.1 Å². The maximum Gasteiger partial charge on any atom is 0.347 e. The highest BCUT2D eigenvalue weighted by atomic mass is 16.6. The highest BCUT2D eigenvalue weighted by Crippen LogP contribution is 2.38. The molecule has 0 saturated carbocycles. The molecular formula is C46H28N4O8. The Labute approximate surface area is 328 Å². The fourth-order valence-corrected chi connectivity index (χ4v) is 7.71. The molecule has 3 aliphatic rings. The van der Waals surface area contributed by atoms with Crippen molar-refractivity contribution in [2.45, 2.75) is 19.1 Å². The van der Waals surface area contributed by atoms with Crippen molar-refractivity contribution in [1.29, 1.82) is 0 Å². The summed E-state index contributed by atoms with van der Waals surface area (Å²) in [5.41, 5.74) is 4.02. The minimum Gasteiger partial charge on any atom is -0.431 e. The van der Waals surface area contributed by atoms with Gasteiger partial charge in [0.15, 0.2) is 0 Å². The van der Waals surface area contributed by atoms with E-state index in [4.69, 9.17) is 9.15 Å². The Morgan fingerprint density at radius 3 is 1.83 bits per heavy atom. The number of cyclic esters (lactones) is 1. The summed E-state index contributed by atoms with van der Waals surface area (Å²) in [6.07, 6.45) is 0.495. The Hall–Kier alpha value is -7.99. The fourth-order valence-electron chi connectivity index (χ4n) is 7.71. The van der Waals surface area contributed by atoms with Crippen molar-refractivity contribution in [2.24, 2.45) is 0 Å². The molecule has 6 aromatic carbocycles. The quantitative estimate of drug-likeness (QED) is 0.133. The predicted octanol–water partition coefficient (Wildman–Crippen LogP) is 7.50. The number of aromatic nitrogens is 1. The monoisotopic (exact) mass is 764 g/mol. The molecule has 58 heavy (non-hydrogen) atoms. The molecule has 1 unspecified atom stereocenters. The minimum absolute atomic E-state index is 0.0456. The van der Waals surface area contributed by atoms with Crippen LogP contribution in [-0.2, 0) is 16.9 Å². The Morgan fingerprint density at radius 1 is 0.586 bits per heavy atom. The summed E-state index contributed by atoms with van der Waals surface area (Å²) in [4.78, 5) is 86.2. The van der Waals surface area contributed by atoms with Gasteiger partial charge >= 0.3 is 11.6 Å². The summed E-state index contributed by atoms with van der Waals surface area (Å²) in [6.45, 7) is 1.70. The number of carbonyl (C=O) groups excluding carboxylic acids is 5. The summed E-state index contributed by atoms with van der Waals surface area (Å²) in [5.74, 6) is -2.38. The molecule has 4 amide bonds. The molecule has 3 aliphatic heterocycles. The highest BCUT2D eigenvalue weighted by Gasteiger charge is 2.42. The third-order valence-electron chi connectivity index (χ3n) is 10.7. The number of benzene rings is 6. The van der Waals surface area contributed by atoms with E-state index in [9.17, 15) is 28.8 Å². The molecule has 12 nitrogen and oxygen atoms in total. The maximum absolute atomic E-state index is 13.7. The van der Waals surface area contributed by atoms with Crippen LogP contribution in [0.15, 0.2) is 143 Å². The zero-order chi connectivity index (χ0) is 39.9. The first-order chi connectivity index (χ1) is 28.1. The SMILES string of the molecule is CC1(c2ccc3c(c2)C(=O)N(c2ccc(Cc4ccc(N5C(=O)c6ccc(-c7nc8ccccc8c(=O)o7)cc6C5=O)cc4)cc2)C3=O)Nc2ccccc2C(=O)O1. The summed E-state index contributed by atoms with van der Waals surface area (Å²) in [5, 5.41) is 3.59. The van der Waals surface area contributed by atoms with Crippen LogP contribution in [-0.4, -0.2) is 34.6 Å². The summed E-state index contributed by atoms with van der Waals surface area (Å²) < 4.78 is 11.2. The zero-order valence-corrected chi connectivity index (χ0v) is 30.5. The molecule has 7 aromatic rings. The van der Waals surface area contributed by atoms with Crippen molar-refractivity contribution < 1.29 is 33.1 Å². The number of nitrogens with one attached hydrogen (secondary N) is 1. The molecule has 0 spiro atoms. The third-order valence-corrected chi connectivity index (χ3v) is 10.7. The van der Waals surface area contributed by atoms with Gasteiger partial charge in [-0.15, -0.1) is 0 Å². The van der Waals surface area contributed by atoms with Gasteiger partial charge in [-0.2, -0.15) is 0 Å². The van der Waals surface area contributed by atoms with Crippen LogP contribution >= 0.6 is 0 Å². The van der Waals surface area contributed by atoms with Crippen molar-refractivity contribution in [3.63, 3.8) is 0 Å². The number of nitrogens with zero attached hydrogens (tertiary/aromatic N) is 3. The van der Waals surface area contributed by atoms with E-state index in [1.54, 1.807) is 97.9 Å². The van der Waals surface area contributed by atoms with Crippen LogP contribution in [0.3, 0.4) is 0 Å². The van der Waals surface area contributed by atoms with E-state index in [-0.39, 0.29) is 28.1 Å². The second kappa shape index (κ2) is 12.8. The topological polar surface area (TPSA) is 156 Å². The van der Waals surface area contributed by atoms with E-state index in [0.29, 0.717) is 51.1 Å². The van der Waals surface area contributed by atoms with Crippen LogP contribution in [0, 0.1) is 0 Å². The Bertz CT molecular complexity index is 3030. The normalized spacial score (nSPS) is 16.9. The van der Waals surface area contributed by atoms with E-state index in [0.717, 1.165) is 20.9 Å². The number of rotatable bonds is 6. The molecule has 0 fully saturated rings. The van der Waals surface area contributed by atoms with Crippen LogP contribution < -0.4 is 20.7 Å². The molecular weight excluding hydrogens is 737 g/mol. The number of ether oxygens (including phenoxy) is 1. The fraction of sp³-hybridized carbons (Fsp3) is 0.0652. The first kappa shape index (κ1) is 34.5. The number of fused-ring (bicyclic) bond motifs is 4. The Balaban J connectivity index is 0.832. The van der Waals surface area contributed by atoms with Crippen molar-refractivity contribution in [3.05, 3.63) is 188 Å². The lowest BCUT2D eigenvalue weighted by molar-refractivity contribution is -0.00272. The molecule has 0 radical (unpaired) electrons. The molecule has 0 bridgehead atoms. The summed E-state index contributed by atoms with van der Waals surface area (Å²) in [6, 6.07) is 37.4. The van der Waals surface area contributed by atoms with Gasteiger partial charge in [-0.05, 0) is 103 Å². The van der Waals surface area contributed by atoms with E-state index >= 15 is 0 Å². The molecule has 1 N–H and O–H groups in total. The highest BCUT2D eigenvalue weighted by molar-refractivity contribution is 6.35. The smallest absolute Gasteiger partial charge is 0.347 e. The van der Waals surface area contributed by atoms with Crippen LogP contribution in [0.5, 0.6) is 0 Å². The lowest BCUT2D eigenvalue weighted by Gasteiger charge is -2.36. The largest absolute Gasteiger partial charge is 0.431 e. The maximum atomic E-state index is 13.7. The average molecular weight is 765 g/mol.